The number of nitrogens with zero attached hydrogens (tertiary/aromatic N) is 3. The largest absolute Gasteiger partial charge is 0.477 e. The maximum atomic E-state index is 11.8. The van der Waals surface area contributed by atoms with Crippen molar-refractivity contribution < 1.29 is 14.7 Å². The molecule has 7 heteroatoms. The summed E-state index contributed by atoms with van der Waals surface area (Å²) in [6.07, 6.45) is 5.09. The van der Waals surface area contributed by atoms with Crippen LogP contribution in [0.15, 0.2) is 36.9 Å². The van der Waals surface area contributed by atoms with E-state index in [9.17, 15) is 9.59 Å². The Hall–Kier alpha value is -2.70. The highest BCUT2D eigenvalue weighted by Crippen LogP contribution is 1.99. The van der Waals surface area contributed by atoms with Crippen molar-refractivity contribution in [2.75, 3.05) is 6.54 Å². The molecule has 2 rings (SSSR count). The van der Waals surface area contributed by atoms with E-state index in [1.807, 2.05) is 4.57 Å². The quantitative estimate of drug-likeness (QED) is 0.811. The Morgan fingerprint density at radius 2 is 2.11 bits per heavy atom. The number of carboxylic acid groups (broad SMARTS) is 1. The summed E-state index contributed by atoms with van der Waals surface area (Å²) in [6, 6.07) is 4.30. The van der Waals surface area contributed by atoms with Crippen LogP contribution in [0, 0.1) is 0 Å². The second-order valence-corrected chi connectivity index (χ2v) is 3.77. The van der Waals surface area contributed by atoms with Gasteiger partial charge in [0.05, 0.1) is 6.33 Å². The number of aromatic carboxylic acids is 1. The predicted octanol–water partition coefficient (Wildman–Crippen LogP) is 0.406. The number of hydrogen-bond donors (Lipinski definition) is 2. The van der Waals surface area contributed by atoms with Crippen LogP contribution in [0.1, 0.15) is 21.0 Å². The van der Waals surface area contributed by atoms with Crippen molar-refractivity contribution in [2.24, 2.45) is 0 Å². The summed E-state index contributed by atoms with van der Waals surface area (Å²) in [5, 5.41) is 11.4. The molecule has 0 spiro atoms. The maximum absolute atomic E-state index is 11.8. The first-order valence-electron chi connectivity index (χ1n) is 5.61. The average Bonchev–Trinajstić information content (AvgIpc) is 2.92. The molecule has 98 valence electrons. The van der Waals surface area contributed by atoms with Gasteiger partial charge >= 0.3 is 5.97 Å². The van der Waals surface area contributed by atoms with E-state index >= 15 is 0 Å². The van der Waals surface area contributed by atoms with Gasteiger partial charge in [-0.2, -0.15) is 0 Å². The molecule has 0 aliphatic rings. The first-order valence-corrected chi connectivity index (χ1v) is 5.61. The van der Waals surface area contributed by atoms with E-state index < -0.39 is 11.9 Å². The lowest BCUT2D eigenvalue weighted by Gasteiger charge is -2.05. The van der Waals surface area contributed by atoms with Crippen molar-refractivity contribution in [3.8, 4) is 0 Å². The van der Waals surface area contributed by atoms with Gasteiger partial charge in [0.1, 0.15) is 11.4 Å². The minimum absolute atomic E-state index is 0.0885. The van der Waals surface area contributed by atoms with E-state index in [1.54, 1.807) is 18.7 Å². The molecule has 0 aromatic carbocycles. The Labute approximate surface area is 108 Å². The van der Waals surface area contributed by atoms with Crippen molar-refractivity contribution in [1.82, 2.24) is 19.9 Å². The molecule has 7 nitrogen and oxygen atoms in total. The van der Waals surface area contributed by atoms with Crippen LogP contribution in [0.2, 0.25) is 0 Å². The number of imidazole rings is 1. The Bertz CT molecular complexity index is 580. The summed E-state index contributed by atoms with van der Waals surface area (Å²) >= 11 is 0. The van der Waals surface area contributed by atoms with E-state index in [2.05, 4.69) is 15.3 Å². The molecule has 0 aliphatic heterocycles. The zero-order valence-corrected chi connectivity index (χ0v) is 9.98. The number of hydrogen-bond acceptors (Lipinski definition) is 4. The molecule has 0 fully saturated rings. The van der Waals surface area contributed by atoms with Crippen LogP contribution in [-0.4, -0.2) is 38.1 Å². The van der Waals surface area contributed by atoms with Crippen LogP contribution >= 0.6 is 0 Å². The first kappa shape index (κ1) is 12.7. The molecule has 2 aromatic rings. The van der Waals surface area contributed by atoms with Gasteiger partial charge in [-0.15, -0.1) is 0 Å². The van der Waals surface area contributed by atoms with Crippen molar-refractivity contribution in [3.63, 3.8) is 0 Å². The van der Waals surface area contributed by atoms with Crippen molar-refractivity contribution in [3.05, 3.63) is 48.3 Å². The molecule has 19 heavy (non-hydrogen) atoms. The highest BCUT2D eigenvalue weighted by atomic mass is 16.4. The Morgan fingerprint density at radius 3 is 2.79 bits per heavy atom. The van der Waals surface area contributed by atoms with Gasteiger partial charge in [0.2, 0.25) is 0 Å². The molecular weight excluding hydrogens is 248 g/mol. The summed E-state index contributed by atoms with van der Waals surface area (Å²) in [4.78, 5) is 30.1. The van der Waals surface area contributed by atoms with Crippen LogP contribution in [0.4, 0.5) is 0 Å². The lowest BCUT2D eigenvalue weighted by Crippen LogP contribution is -2.28. The van der Waals surface area contributed by atoms with Crippen LogP contribution < -0.4 is 5.32 Å². The van der Waals surface area contributed by atoms with Crippen molar-refractivity contribution in [2.45, 2.75) is 6.54 Å². The van der Waals surface area contributed by atoms with Gasteiger partial charge < -0.3 is 15.0 Å². The first-order chi connectivity index (χ1) is 9.16. The Morgan fingerprint density at radius 1 is 1.32 bits per heavy atom. The summed E-state index contributed by atoms with van der Waals surface area (Å²) in [7, 11) is 0. The minimum atomic E-state index is -1.16. The molecule has 2 aromatic heterocycles. The molecule has 1 amide bonds. The molecule has 0 aliphatic carbocycles. The van der Waals surface area contributed by atoms with Gasteiger partial charge in [0.25, 0.3) is 5.91 Å². The fourth-order valence-corrected chi connectivity index (χ4v) is 1.49. The lowest BCUT2D eigenvalue weighted by molar-refractivity contribution is 0.0690. The van der Waals surface area contributed by atoms with Gasteiger partial charge in [-0.1, -0.05) is 6.07 Å². The van der Waals surface area contributed by atoms with Gasteiger partial charge in [-0.3, -0.25) is 4.79 Å². The smallest absolute Gasteiger partial charge is 0.354 e. The third-order valence-electron chi connectivity index (χ3n) is 2.42. The maximum Gasteiger partial charge on any atom is 0.354 e. The van der Waals surface area contributed by atoms with Crippen LogP contribution in [0.3, 0.4) is 0 Å². The molecule has 0 saturated carbocycles. The highest BCUT2D eigenvalue weighted by molar-refractivity contribution is 5.94. The summed E-state index contributed by atoms with van der Waals surface area (Å²) in [5.74, 6) is -1.56. The third kappa shape index (κ3) is 3.38. The monoisotopic (exact) mass is 260 g/mol. The molecule has 0 atom stereocenters. The molecule has 0 unspecified atom stereocenters. The minimum Gasteiger partial charge on any atom is -0.477 e. The van der Waals surface area contributed by atoms with Crippen LogP contribution in [0.25, 0.3) is 0 Å². The number of rotatable bonds is 5. The second kappa shape index (κ2) is 5.76. The second-order valence-electron chi connectivity index (χ2n) is 3.77. The summed E-state index contributed by atoms with van der Waals surface area (Å²) < 4.78 is 1.82. The number of nitrogens with one attached hydrogen (secondary N) is 1. The lowest BCUT2D eigenvalue weighted by atomic mass is 10.3. The average molecular weight is 260 g/mol. The Kier molecular flexibility index (Phi) is 3.87. The summed E-state index contributed by atoms with van der Waals surface area (Å²) in [5.41, 5.74) is -0.0622. The van der Waals surface area contributed by atoms with Crippen LogP contribution in [-0.2, 0) is 6.54 Å². The van der Waals surface area contributed by atoms with Gasteiger partial charge in [0.15, 0.2) is 0 Å². The fraction of sp³-hybridized carbons (Fsp3) is 0.167. The molecule has 0 radical (unpaired) electrons. The fourth-order valence-electron chi connectivity index (χ4n) is 1.49. The Balaban J connectivity index is 1.92. The van der Waals surface area contributed by atoms with E-state index in [1.165, 1.54) is 18.2 Å². The topological polar surface area (TPSA) is 97.1 Å². The van der Waals surface area contributed by atoms with E-state index in [-0.39, 0.29) is 11.4 Å². The van der Waals surface area contributed by atoms with E-state index in [0.717, 1.165) is 0 Å². The van der Waals surface area contributed by atoms with Crippen molar-refractivity contribution >= 4 is 11.9 Å². The van der Waals surface area contributed by atoms with E-state index in [4.69, 9.17) is 5.11 Å². The number of pyridine rings is 1. The van der Waals surface area contributed by atoms with Gasteiger partial charge in [-0.25, -0.2) is 14.8 Å². The molecule has 2 N–H and O–H groups in total. The number of amides is 1. The SMILES string of the molecule is O=C(O)c1cccc(C(=O)NCCn2ccnc2)n1. The van der Waals surface area contributed by atoms with Crippen LogP contribution in [0.5, 0.6) is 0 Å². The zero-order chi connectivity index (χ0) is 13.7. The molecule has 2 heterocycles. The molecular formula is C12H12N4O3. The number of carbonyl (C=O) groups excluding carboxylic acids is 1. The van der Waals surface area contributed by atoms with Crippen molar-refractivity contribution in [1.29, 1.82) is 0 Å². The van der Waals surface area contributed by atoms with E-state index in [0.29, 0.717) is 13.1 Å². The third-order valence-corrected chi connectivity index (χ3v) is 2.42. The molecule has 0 bridgehead atoms. The standard InChI is InChI=1S/C12H12N4O3/c17-11(14-5-7-16-6-4-13-8-16)9-2-1-3-10(15-9)12(18)19/h1-4,6,8H,5,7H2,(H,14,17)(H,18,19). The van der Waals surface area contributed by atoms with Gasteiger partial charge in [0, 0.05) is 25.5 Å². The number of carbonyl (C=O) groups is 2. The molecule has 0 saturated heterocycles. The highest BCUT2D eigenvalue weighted by Gasteiger charge is 2.10. The zero-order valence-electron chi connectivity index (χ0n) is 9.98. The predicted molar refractivity (Wildman–Crippen MR) is 65.8 cm³/mol. The number of carboxylic acids is 1. The normalized spacial score (nSPS) is 10.1. The summed E-state index contributed by atoms with van der Waals surface area (Å²) in [6.45, 7) is 0.999. The number of aromatic nitrogens is 3. The van der Waals surface area contributed by atoms with Gasteiger partial charge in [-0.05, 0) is 12.1 Å².